The Hall–Kier alpha value is -2.64. The highest BCUT2D eigenvalue weighted by Crippen LogP contribution is 2.41. The van der Waals surface area contributed by atoms with E-state index < -0.39 is 29.5 Å². The maximum absolute atomic E-state index is 14.4. The number of hydrogen-bond donors (Lipinski definition) is 1. The lowest BCUT2D eigenvalue weighted by atomic mass is 10.1. The molecule has 1 heterocycles. The van der Waals surface area contributed by atoms with Gasteiger partial charge in [0.05, 0.1) is 24.2 Å². The van der Waals surface area contributed by atoms with E-state index in [-0.39, 0.29) is 11.6 Å². The standard InChI is InChI=1S/C19H24FN3O4/c1-10(21-18(25)27-19(2,3)4)16-22-13-9-8-12(20)14(17(24)26-5)15(13)23(16)11-6-7-11/h8-11H,6-7H2,1-5H3,(H,21,25). The SMILES string of the molecule is COC(=O)c1c(F)ccc2nc(C(C)NC(=O)OC(C)(C)C)n(C3CC3)c12. The van der Waals surface area contributed by atoms with Gasteiger partial charge in [0.1, 0.15) is 22.8 Å². The van der Waals surface area contributed by atoms with Crippen molar-refractivity contribution in [3.8, 4) is 0 Å². The second-order valence-electron chi connectivity index (χ2n) is 7.72. The first-order valence-electron chi connectivity index (χ1n) is 8.90. The van der Waals surface area contributed by atoms with Crippen LogP contribution in [0.5, 0.6) is 0 Å². The van der Waals surface area contributed by atoms with Crippen LogP contribution in [0.1, 0.15) is 68.8 Å². The minimum Gasteiger partial charge on any atom is -0.465 e. The molecule has 1 aliphatic carbocycles. The summed E-state index contributed by atoms with van der Waals surface area (Å²) in [5, 5.41) is 2.76. The molecule has 1 fully saturated rings. The van der Waals surface area contributed by atoms with Crippen molar-refractivity contribution in [2.45, 2.75) is 58.2 Å². The molecular weight excluding hydrogens is 353 g/mol. The Morgan fingerprint density at radius 1 is 1.33 bits per heavy atom. The monoisotopic (exact) mass is 377 g/mol. The van der Waals surface area contributed by atoms with Gasteiger partial charge in [-0.1, -0.05) is 0 Å². The maximum Gasteiger partial charge on any atom is 0.408 e. The largest absolute Gasteiger partial charge is 0.465 e. The lowest BCUT2D eigenvalue weighted by Crippen LogP contribution is -2.35. The predicted molar refractivity (Wildman–Crippen MR) is 97.1 cm³/mol. The first-order valence-corrected chi connectivity index (χ1v) is 8.90. The van der Waals surface area contributed by atoms with Gasteiger partial charge in [0.15, 0.2) is 0 Å². The van der Waals surface area contributed by atoms with Crippen LogP contribution in [0.25, 0.3) is 11.0 Å². The summed E-state index contributed by atoms with van der Waals surface area (Å²) in [6, 6.07) is 2.35. The highest BCUT2D eigenvalue weighted by atomic mass is 19.1. The number of rotatable bonds is 4. The number of nitrogens with one attached hydrogen (secondary N) is 1. The number of aromatic nitrogens is 2. The molecule has 1 aliphatic rings. The molecule has 3 rings (SSSR count). The average Bonchev–Trinajstić information content (AvgIpc) is 3.32. The molecule has 0 bridgehead atoms. The molecule has 0 aliphatic heterocycles. The summed E-state index contributed by atoms with van der Waals surface area (Å²) in [4.78, 5) is 28.8. The van der Waals surface area contributed by atoms with E-state index in [1.807, 2.05) is 4.57 Å². The fourth-order valence-electron chi connectivity index (χ4n) is 3.03. The van der Waals surface area contributed by atoms with E-state index in [0.717, 1.165) is 12.8 Å². The van der Waals surface area contributed by atoms with Crippen molar-refractivity contribution in [1.29, 1.82) is 0 Å². The number of alkyl carbamates (subject to hydrolysis) is 1. The molecule has 1 amide bonds. The number of nitrogens with zero attached hydrogens (tertiary/aromatic N) is 2. The number of fused-ring (bicyclic) bond motifs is 1. The van der Waals surface area contributed by atoms with Crippen molar-refractivity contribution in [3.05, 3.63) is 29.3 Å². The van der Waals surface area contributed by atoms with Gasteiger partial charge < -0.3 is 19.4 Å². The molecule has 2 aromatic rings. The predicted octanol–water partition coefficient (Wildman–Crippen LogP) is 3.88. The summed E-state index contributed by atoms with van der Waals surface area (Å²) in [6.45, 7) is 7.12. The number of benzene rings is 1. The third-order valence-electron chi connectivity index (χ3n) is 4.25. The molecule has 1 saturated carbocycles. The number of hydrogen-bond acceptors (Lipinski definition) is 5. The van der Waals surface area contributed by atoms with Gasteiger partial charge in [-0.05, 0) is 52.7 Å². The molecule has 1 aromatic carbocycles. The topological polar surface area (TPSA) is 82.4 Å². The van der Waals surface area contributed by atoms with Gasteiger partial charge in [0.2, 0.25) is 0 Å². The van der Waals surface area contributed by atoms with Crippen molar-refractivity contribution in [2.24, 2.45) is 0 Å². The zero-order valence-corrected chi connectivity index (χ0v) is 16.1. The summed E-state index contributed by atoms with van der Waals surface area (Å²) in [6.07, 6.45) is 1.23. The molecule has 8 heteroatoms. The van der Waals surface area contributed by atoms with E-state index in [9.17, 15) is 14.0 Å². The maximum atomic E-state index is 14.4. The molecule has 7 nitrogen and oxygen atoms in total. The number of ether oxygens (including phenoxy) is 2. The van der Waals surface area contributed by atoms with Crippen LogP contribution in [0.15, 0.2) is 12.1 Å². The second-order valence-corrected chi connectivity index (χ2v) is 7.72. The van der Waals surface area contributed by atoms with Gasteiger partial charge in [-0.15, -0.1) is 0 Å². The van der Waals surface area contributed by atoms with Crippen LogP contribution in [0.2, 0.25) is 0 Å². The van der Waals surface area contributed by atoms with Gasteiger partial charge in [0, 0.05) is 6.04 Å². The van der Waals surface area contributed by atoms with Crippen LogP contribution >= 0.6 is 0 Å². The summed E-state index contributed by atoms with van der Waals surface area (Å²) < 4.78 is 26.3. The smallest absolute Gasteiger partial charge is 0.408 e. The van der Waals surface area contributed by atoms with E-state index in [2.05, 4.69) is 10.3 Å². The van der Waals surface area contributed by atoms with E-state index in [1.54, 1.807) is 27.7 Å². The zero-order valence-electron chi connectivity index (χ0n) is 16.1. The molecule has 0 spiro atoms. The number of halogens is 1. The normalized spacial score (nSPS) is 15.5. The fraction of sp³-hybridized carbons (Fsp3) is 0.526. The van der Waals surface area contributed by atoms with E-state index in [4.69, 9.17) is 9.47 Å². The molecular formula is C19H24FN3O4. The third-order valence-corrected chi connectivity index (χ3v) is 4.25. The minimum absolute atomic E-state index is 0.109. The lowest BCUT2D eigenvalue weighted by molar-refractivity contribution is 0.0503. The van der Waals surface area contributed by atoms with Crippen LogP contribution < -0.4 is 5.32 Å². The zero-order chi connectivity index (χ0) is 19.9. The highest BCUT2D eigenvalue weighted by Gasteiger charge is 2.34. The molecule has 0 saturated heterocycles. The van der Waals surface area contributed by atoms with E-state index in [1.165, 1.54) is 19.2 Å². The summed E-state index contributed by atoms with van der Waals surface area (Å²) in [5.74, 6) is -0.858. The van der Waals surface area contributed by atoms with Crippen molar-refractivity contribution in [1.82, 2.24) is 14.9 Å². The first kappa shape index (κ1) is 19.1. The Bertz CT molecular complexity index is 896. The summed E-state index contributed by atoms with van der Waals surface area (Å²) >= 11 is 0. The molecule has 1 unspecified atom stereocenters. The van der Waals surface area contributed by atoms with Gasteiger partial charge in [-0.3, -0.25) is 0 Å². The molecule has 0 radical (unpaired) electrons. The third kappa shape index (κ3) is 3.89. The average molecular weight is 377 g/mol. The Morgan fingerprint density at radius 3 is 2.56 bits per heavy atom. The van der Waals surface area contributed by atoms with E-state index in [0.29, 0.717) is 16.9 Å². The lowest BCUT2D eigenvalue weighted by Gasteiger charge is -2.22. The Kier molecular flexibility index (Phi) is 4.84. The van der Waals surface area contributed by atoms with Crippen LogP contribution in [-0.4, -0.2) is 34.3 Å². The molecule has 27 heavy (non-hydrogen) atoms. The number of carbonyl (C=O) groups is 2. The first-order chi connectivity index (χ1) is 12.6. The molecule has 1 atom stereocenters. The number of amides is 1. The number of carbonyl (C=O) groups excluding carboxylic acids is 2. The quantitative estimate of drug-likeness (QED) is 0.818. The van der Waals surface area contributed by atoms with Crippen molar-refractivity contribution >= 4 is 23.1 Å². The minimum atomic E-state index is -0.751. The summed E-state index contributed by atoms with van der Waals surface area (Å²) in [5.41, 5.74) is 0.126. The van der Waals surface area contributed by atoms with Crippen LogP contribution in [-0.2, 0) is 9.47 Å². The van der Waals surface area contributed by atoms with Gasteiger partial charge in [0.25, 0.3) is 0 Å². The molecule has 1 N–H and O–H groups in total. The second kappa shape index (κ2) is 6.83. The Labute approximate surface area is 156 Å². The van der Waals surface area contributed by atoms with Gasteiger partial charge in [-0.2, -0.15) is 0 Å². The van der Waals surface area contributed by atoms with Gasteiger partial charge >= 0.3 is 12.1 Å². The Balaban J connectivity index is 2.05. The summed E-state index contributed by atoms with van der Waals surface area (Å²) in [7, 11) is 1.21. The van der Waals surface area contributed by atoms with Crippen LogP contribution in [0.4, 0.5) is 9.18 Å². The number of imidazole rings is 1. The molecule has 146 valence electrons. The van der Waals surface area contributed by atoms with Crippen molar-refractivity contribution in [3.63, 3.8) is 0 Å². The van der Waals surface area contributed by atoms with Crippen molar-refractivity contribution in [2.75, 3.05) is 7.11 Å². The van der Waals surface area contributed by atoms with E-state index >= 15 is 0 Å². The van der Waals surface area contributed by atoms with Crippen molar-refractivity contribution < 1.29 is 23.5 Å². The highest BCUT2D eigenvalue weighted by molar-refractivity contribution is 6.02. The fourth-order valence-corrected chi connectivity index (χ4v) is 3.03. The molecule has 1 aromatic heterocycles. The van der Waals surface area contributed by atoms with Crippen LogP contribution in [0.3, 0.4) is 0 Å². The number of methoxy groups -OCH3 is 1. The van der Waals surface area contributed by atoms with Gasteiger partial charge in [-0.25, -0.2) is 19.0 Å². The Morgan fingerprint density at radius 2 is 2.00 bits per heavy atom. The van der Waals surface area contributed by atoms with Crippen LogP contribution in [0, 0.1) is 5.82 Å². The number of esters is 1.